The smallest absolute Gasteiger partial charge is 0.335 e. The van der Waals surface area contributed by atoms with E-state index in [0.717, 1.165) is 31.2 Å². The van der Waals surface area contributed by atoms with Gasteiger partial charge >= 0.3 is 5.97 Å². The van der Waals surface area contributed by atoms with E-state index >= 15 is 0 Å². The van der Waals surface area contributed by atoms with E-state index in [4.69, 9.17) is 5.11 Å². The van der Waals surface area contributed by atoms with E-state index in [-0.39, 0.29) is 12.1 Å². The lowest BCUT2D eigenvalue weighted by atomic mass is 9.98. The second-order valence-electron chi connectivity index (χ2n) is 5.00. The Balaban J connectivity index is 1.95. The molecule has 0 aromatic heterocycles. The summed E-state index contributed by atoms with van der Waals surface area (Å²) in [6.45, 7) is 0.834. The maximum Gasteiger partial charge on any atom is 0.335 e. The predicted molar refractivity (Wildman–Crippen MR) is 68.5 cm³/mol. The van der Waals surface area contributed by atoms with Crippen LogP contribution in [0.2, 0.25) is 0 Å². The van der Waals surface area contributed by atoms with Crippen molar-refractivity contribution in [3.8, 4) is 0 Å². The zero-order valence-electron chi connectivity index (χ0n) is 10.4. The zero-order valence-corrected chi connectivity index (χ0v) is 10.4. The van der Waals surface area contributed by atoms with Crippen LogP contribution in [-0.2, 0) is 6.54 Å². The number of nitrogens with one attached hydrogen (secondary N) is 1. The van der Waals surface area contributed by atoms with E-state index in [9.17, 15) is 9.90 Å². The number of aliphatic hydroxyl groups excluding tert-OH is 1. The summed E-state index contributed by atoms with van der Waals surface area (Å²) in [5.74, 6) is -0.905. The third-order valence-electron chi connectivity index (χ3n) is 3.73. The number of aromatic carboxylic acids is 1. The maximum atomic E-state index is 10.7. The maximum absolute atomic E-state index is 10.7. The molecule has 1 aliphatic carbocycles. The molecule has 0 saturated heterocycles. The topological polar surface area (TPSA) is 69.6 Å². The molecular weight excluding hydrogens is 230 g/mol. The third kappa shape index (κ3) is 2.89. The third-order valence-corrected chi connectivity index (χ3v) is 3.73. The fourth-order valence-corrected chi connectivity index (χ4v) is 2.50. The van der Waals surface area contributed by atoms with Crippen LogP contribution in [0.3, 0.4) is 0 Å². The summed E-state index contributed by atoms with van der Waals surface area (Å²) >= 11 is 0. The van der Waals surface area contributed by atoms with Gasteiger partial charge in [-0.1, -0.05) is 25.0 Å². The van der Waals surface area contributed by atoms with Crippen LogP contribution >= 0.6 is 0 Å². The quantitative estimate of drug-likeness (QED) is 0.744. The molecule has 0 spiro atoms. The lowest BCUT2D eigenvalue weighted by molar-refractivity contribution is 0.0697. The SMILES string of the molecule is O=C(O)c1ccc(CNC2(CO)CCCC2)cc1. The Bertz CT molecular complexity index is 408. The molecule has 18 heavy (non-hydrogen) atoms. The highest BCUT2D eigenvalue weighted by atomic mass is 16.4. The lowest BCUT2D eigenvalue weighted by Gasteiger charge is -2.28. The minimum absolute atomic E-state index is 0.133. The first-order valence-corrected chi connectivity index (χ1v) is 6.33. The highest BCUT2D eigenvalue weighted by molar-refractivity contribution is 5.87. The van der Waals surface area contributed by atoms with Gasteiger partial charge in [-0.25, -0.2) is 4.79 Å². The predicted octanol–water partition coefficient (Wildman–Crippen LogP) is 1.78. The number of carboxylic acid groups (broad SMARTS) is 1. The molecule has 2 rings (SSSR count). The van der Waals surface area contributed by atoms with Crippen molar-refractivity contribution in [1.29, 1.82) is 0 Å². The minimum Gasteiger partial charge on any atom is -0.478 e. The molecule has 1 fully saturated rings. The van der Waals surface area contributed by atoms with Crippen molar-refractivity contribution < 1.29 is 15.0 Å². The van der Waals surface area contributed by atoms with Crippen LogP contribution in [0.1, 0.15) is 41.6 Å². The molecule has 4 heteroatoms. The van der Waals surface area contributed by atoms with Crippen molar-refractivity contribution in [2.45, 2.75) is 37.8 Å². The summed E-state index contributed by atoms with van der Waals surface area (Å²) in [4.78, 5) is 10.7. The number of aliphatic hydroxyl groups is 1. The van der Waals surface area contributed by atoms with Crippen molar-refractivity contribution in [1.82, 2.24) is 5.32 Å². The molecule has 98 valence electrons. The number of rotatable bonds is 5. The lowest BCUT2D eigenvalue weighted by Crippen LogP contribution is -2.45. The standard InChI is InChI=1S/C14H19NO3/c16-10-14(7-1-2-8-14)15-9-11-3-5-12(6-4-11)13(17)18/h3-6,15-16H,1-2,7-10H2,(H,17,18). The van der Waals surface area contributed by atoms with Gasteiger partial charge in [0.05, 0.1) is 12.2 Å². The van der Waals surface area contributed by atoms with E-state index in [0.29, 0.717) is 12.1 Å². The van der Waals surface area contributed by atoms with E-state index in [1.807, 2.05) is 12.1 Å². The summed E-state index contributed by atoms with van der Waals surface area (Å²) in [7, 11) is 0. The first-order chi connectivity index (χ1) is 8.65. The highest BCUT2D eigenvalue weighted by Gasteiger charge is 2.32. The van der Waals surface area contributed by atoms with Gasteiger partial charge in [-0.2, -0.15) is 0 Å². The molecule has 1 aromatic rings. The minimum atomic E-state index is -0.905. The van der Waals surface area contributed by atoms with Crippen LogP contribution in [0.15, 0.2) is 24.3 Å². The number of carboxylic acids is 1. The first-order valence-electron chi connectivity index (χ1n) is 6.33. The van der Waals surface area contributed by atoms with Gasteiger partial charge in [0.15, 0.2) is 0 Å². The Morgan fingerprint density at radius 1 is 1.22 bits per heavy atom. The average molecular weight is 249 g/mol. The largest absolute Gasteiger partial charge is 0.478 e. The first kappa shape index (κ1) is 13.1. The van der Waals surface area contributed by atoms with Crippen LogP contribution in [0, 0.1) is 0 Å². The summed E-state index contributed by atoms with van der Waals surface area (Å²) in [5.41, 5.74) is 1.21. The molecule has 0 aliphatic heterocycles. The molecule has 0 atom stereocenters. The number of carbonyl (C=O) groups is 1. The van der Waals surface area contributed by atoms with E-state index < -0.39 is 5.97 Å². The molecule has 0 unspecified atom stereocenters. The molecule has 1 saturated carbocycles. The molecule has 0 heterocycles. The fraction of sp³-hybridized carbons (Fsp3) is 0.500. The van der Waals surface area contributed by atoms with Crippen LogP contribution < -0.4 is 5.32 Å². The van der Waals surface area contributed by atoms with Gasteiger partial charge in [0.25, 0.3) is 0 Å². The number of hydrogen-bond donors (Lipinski definition) is 3. The van der Waals surface area contributed by atoms with Crippen LogP contribution in [0.5, 0.6) is 0 Å². The Morgan fingerprint density at radius 3 is 2.33 bits per heavy atom. The normalized spacial score (nSPS) is 17.8. The Kier molecular flexibility index (Phi) is 3.99. The molecule has 3 N–H and O–H groups in total. The van der Waals surface area contributed by atoms with Crippen molar-refractivity contribution in [3.63, 3.8) is 0 Å². The second kappa shape index (κ2) is 5.50. The van der Waals surface area contributed by atoms with Crippen molar-refractivity contribution >= 4 is 5.97 Å². The van der Waals surface area contributed by atoms with Gasteiger partial charge in [0, 0.05) is 12.1 Å². The molecule has 1 aliphatic rings. The zero-order chi connectivity index (χ0) is 13.0. The van der Waals surface area contributed by atoms with E-state index in [1.54, 1.807) is 12.1 Å². The van der Waals surface area contributed by atoms with Crippen LogP contribution in [0.25, 0.3) is 0 Å². The fourth-order valence-electron chi connectivity index (χ4n) is 2.50. The number of benzene rings is 1. The summed E-state index contributed by atoms with van der Waals surface area (Å²) in [6, 6.07) is 6.85. The summed E-state index contributed by atoms with van der Waals surface area (Å²) in [5, 5.41) is 21.7. The van der Waals surface area contributed by atoms with Gasteiger partial charge in [-0.05, 0) is 30.5 Å². The van der Waals surface area contributed by atoms with Crippen LogP contribution in [-0.4, -0.2) is 28.3 Å². The van der Waals surface area contributed by atoms with Gasteiger partial charge in [0.2, 0.25) is 0 Å². The molecule has 0 amide bonds. The Morgan fingerprint density at radius 2 is 1.83 bits per heavy atom. The highest BCUT2D eigenvalue weighted by Crippen LogP contribution is 2.29. The molecular formula is C14H19NO3. The van der Waals surface area contributed by atoms with Gasteiger partial charge in [-0.3, -0.25) is 0 Å². The summed E-state index contributed by atoms with van der Waals surface area (Å²) in [6.07, 6.45) is 4.34. The average Bonchev–Trinajstić information content (AvgIpc) is 2.86. The Labute approximate surface area is 107 Å². The monoisotopic (exact) mass is 249 g/mol. The van der Waals surface area contributed by atoms with Crippen molar-refractivity contribution in [2.24, 2.45) is 0 Å². The molecule has 1 aromatic carbocycles. The van der Waals surface area contributed by atoms with Crippen molar-refractivity contribution in [2.75, 3.05) is 6.61 Å². The molecule has 0 radical (unpaired) electrons. The van der Waals surface area contributed by atoms with Gasteiger partial charge in [-0.15, -0.1) is 0 Å². The molecule has 0 bridgehead atoms. The number of hydrogen-bond acceptors (Lipinski definition) is 3. The van der Waals surface area contributed by atoms with E-state index in [2.05, 4.69) is 5.32 Å². The van der Waals surface area contributed by atoms with Gasteiger partial charge < -0.3 is 15.5 Å². The van der Waals surface area contributed by atoms with Crippen molar-refractivity contribution in [3.05, 3.63) is 35.4 Å². The van der Waals surface area contributed by atoms with Gasteiger partial charge in [0.1, 0.15) is 0 Å². The molecule has 4 nitrogen and oxygen atoms in total. The Hall–Kier alpha value is -1.39. The van der Waals surface area contributed by atoms with E-state index in [1.165, 1.54) is 0 Å². The second-order valence-corrected chi connectivity index (χ2v) is 5.00. The summed E-state index contributed by atoms with van der Waals surface area (Å²) < 4.78 is 0. The van der Waals surface area contributed by atoms with Crippen LogP contribution in [0.4, 0.5) is 0 Å².